The van der Waals surface area contributed by atoms with Crippen LogP contribution in [0.15, 0.2) is 65.8 Å². The largest absolute Gasteiger partial charge is 0.351 e. The monoisotopic (exact) mass is 407 g/mol. The number of primary amides is 1. The standard InChI is InChI=1S/C21H21N5O2S/c22-20(28)23-19(27)17(15-9-5-2-6-10-15)29-21-25-24-18(16-11-12-16)26(21)13-14-7-3-1-4-8-14/h1-10,16-17H,11-13H2,(H3,22,23,27,28)/t17-/m1/s1. The molecular weight excluding hydrogens is 386 g/mol. The van der Waals surface area contributed by atoms with Crippen molar-refractivity contribution in [2.45, 2.75) is 35.7 Å². The normalized spacial score (nSPS) is 14.3. The van der Waals surface area contributed by atoms with Gasteiger partial charge >= 0.3 is 6.03 Å². The number of imide groups is 1. The number of carbonyl (C=O) groups is 2. The van der Waals surface area contributed by atoms with Gasteiger partial charge in [-0.15, -0.1) is 10.2 Å². The van der Waals surface area contributed by atoms with E-state index < -0.39 is 17.2 Å². The Hall–Kier alpha value is -3.13. The van der Waals surface area contributed by atoms with Gasteiger partial charge in [-0.25, -0.2) is 4.79 Å². The molecule has 1 fully saturated rings. The van der Waals surface area contributed by atoms with Gasteiger partial charge in [0.15, 0.2) is 5.16 Å². The Morgan fingerprint density at radius 3 is 2.34 bits per heavy atom. The Morgan fingerprint density at radius 1 is 1.07 bits per heavy atom. The highest BCUT2D eigenvalue weighted by Gasteiger charge is 2.32. The van der Waals surface area contributed by atoms with Gasteiger partial charge in [-0.3, -0.25) is 10.1 Å². The number of nitrogens with one attached hydrogen (secondary N) is 1. The van der Waals surface area contributed by atoms with Crippen LogP contribution in [0.25, 0.3) is 0 Å². The summed E-state index contributed by atoms with van der Waals surface area (Å²) < 4.78 is 2.07. The van der Waals surface area contributed by atoms with E-state index >= 15 is 0 Å². The predicted molar refractivity (Wildman–Crippen MR) is 110 cm³/mol. The van der Waals surface area contributed by atoms with Gasteiger partial charge in [-0.1, -0.05) is 72.4 Å². The fraction of sp³-hybridized carbons (Fsp3) is 0.238. The molecule has 3 N–H and O–H groups in total. The molecule has 1 atom stereocenters. The first-order chi connectivity index (χ1) is 14.1. The third-order valence-electron chi connectivity index (χ3n) is 4.68. The summed E-state index contributed by atoms with van der Waals surface area (Å²) in [6.07, 6.45) is 2.20. The summed E-state index contributed by atoms with van der Waals surface area (Å²) in [7, 11) is 0. The zero-order chi connectivity index (χ0) is 20.2. The van der Waals surface area contributed by atoms with Gasteiger partial charge in [0.2, 0.25) is 5.91 Å². The third kappa shape index (κ3) is 4.65. The Morgan fingerprint density at radius 2 is 1.72 bits per heavy atom. The van der Waals surface area contributed by atoms with E-state index in [1.165, 1.54) is 11.8 Å². The number of nitrogens with zero attached hydrogens (tertiary/aromatic N) is 3. The first-order valence-electron chi connectivity index (χ1n) is 9.40. The minimum atomic E-state index is -0.874. The van der Waals surface area contributed by atoms with Crippen molar-refractivity contribution in [3.8, 4) is 0 Å². The van der Waals surface area contributed by atoms with Crippen LogP contribution in [0.5, 0.6) is 0 Å². The SMILES string of the molecule is NC(=O)NC(=O)[C@H](Sc1nnc(C2CC2)n1Cc1ccccc1)c1ccccc1. The molecule has 1 aliphatic carbocycles. The highest BCUT2D eigenvalue weighted by Crippen LogP contribution is 2.42. The van der Waals surface area contributed by atoms with E-state index in [1.54, 1.807) is 0 Å². The average molecular weight is 407 g/mol. The van der Waals surface area contributed by atoms with Gasteiger partial charge in [0, 0.05) is 5.92 Å². The van der Waals surface area contributed by atoms with Crippen molar-refractivity contribution < 1.29 is 9.59 Å². The fourth-order valence-corrected chi connectivity index (χ4v) is 4.18. The van der Waals surface area contributed by atoms with Crippen molar-refractivity contribution in [1.82, 2.24) is 20.1 Å². The van der Waals surface area contributed by atoms with E-state index in [-0.39, 0.29) is 0 Å². The van der Waals surface area contributed by atoms with Crippen LogP contribution in [0.3, 0.4) is 0 Å². The predicted octanol–water partition coefficient (Wildman–Crippen LogP) is 3.23. The molecule has 3 amide bonds. The van der Waals surface area contributed by atoms with Crippen molar-refractivity contribution in [2.75, 3.05) is 0 Å². The maximum absolute atomic E-state index is 12.7. The van der Waals surface area contributed by atoms with Crippen LogP contribution in [0.1, 0.15) is 41.0 Å². The molecule has 0 aliphatic heterocycles. The highest BCUT2D eigenvalue weighted by molar-refractivity contribution is 8.00. The van der Waals surface area contributed by atoms with Crippen molar-refractivity contribution >= 4 is 23.7 Å². The first kappa shape index (κ1) is 19.2. The molecule has 7 nitrogen and oxygen atoms in total. The number of amides is 3. The summed E-state index contributed by atoms with van der Waals surface area (Å²) in [5.74, 6) is 0.879. The van der Waals surface area contributed by atoms with Gasteiger partial charge < -0.3 is 10.3 Å². The molecule has 2 aromatic carbocycles. The van der Waals surface area contributed by atoms with E-state index in [9.17, 15) is 9.59 Å². The van der Waals surface area contributed by atoms with Crippen LogP contribution in [-0.2, 0) is 11.3 Å². The summed E-state index contributed by atoms with van der Waals surface area (Å²) in [5.41, 5.74) is 7.07. The van der Waals surface area contributed by atoms with E-state index in [4.69, 9.17) is 5.73 Å². The molecule has 29 heavy (non-hydrogen) atoms. The second-order valence-electron chi connectivity index (χ2n) is 6.95. The van der Waals surface area contributed by atoms with Gasteiger partial charge in [0.1, 0.15) is 11.1 Å². The van der Waals surface area contributed by atoms with Crippen molar-refractivity contribution in [3.63, 3.8) is 0 Å². The molecule has 1 saturated carbocycles. The molecular formula is C21H21N5O2S. The number of rotatable bonds is 7. The highest BCUT2D eigenvalue weighted by atomic mass is 32.2. The molecule has 8 heteroatoms. The van der Waals surface area contributed by atoms with Crippen LogP contribution in [0, 0.1) is 0 Å². The molecule has 3 aromatic rings. The first-order valence-corrected chi connectivity index (χ1v) is 10.3. The number of hydrogen-bond donors (Lipinski definition) is 2. The van der Waals surface area contributed by atoms with E-state index in [0.29, 0.717) is 17.6 Å². The van der Waals surface area contributed by atoms with Crippen molar-refractivity contribution in [1.29, 1.82) is 0 Å². The molecule has 1 aromatic heterocycles. The van der Waals surface area contributed by atoms with Gasteiger partial charge in [0.05, 0.1) is 6.54 Å². The molecule has 1 heterocycles. The molecule has 0 spiro atoms. The number of benzene rings is 2. The lowest BCUT2D eigenvalue weighted by Crippen LogP contribution is -2.37. The van der Waals surface area contributed by atoms with Crippen molar-refractivity contribution in [3.05, 3.63) is 77.6 Å². The minimum Gasteiger partial charge on any atom is -0.351 e. The molecule has 1 aliphatic rings. The number of hydrogen-bond acceptors (Lipinski definition) is 5. The average Bonchev–Trinajstić information content (AvgIpc) is 3.49. The third-order valence-corrected chi connectivity index (χ3v) is 5.92. The number of carbonyl (C=O) groups excluding carboxylic acids is 2. The number of urea groups is 1. The Labute approximate surface area is 172 Å². The Bertz CT molecular complexity index is 1000. The number of aromatic nitrogens is 3. The summed E-state index contributed by atoms with van der Waals surface area (Å²) in [5, 5.41) is 11.0. The zero-order valence-corrected chi connectivity index (χ0v) is 16.5. The summed E-state index contributed by atoms with van der Waals surface area (Å²) in [6, 6.07) is 18.5. The van der Waals surface area contributed by atoms with Gasteiger partial charge in [-0.2, -0.15) is 0 Å². The van der Waals surface area contributed by atoms with Crippen LogP contribution in [0.2, 0.25) is 0 Å². The fourth-order valence-electron chi connectivity index (χ4n) is 3.14. The summed E-state index contributed by atoms with van der Waals surface area (Å²) in [4.78, 5) is 23.9. The molecule has 0 radical (unpaired) electrons. The topological polar surface area (TPSA) is 103 Å². The quantitative estimate of drug-likeness (QED) is 0.585. The smallest absolute Gasteiger partial charge is 0.318 e. The molecule has 0 saturated heterocycles. The molecule has 4 rings (SSSR count). The zero-order valence-electron chi connectivity index (χ0n) is 15.7. The van der Waals surface area contributed by atoms with Crippen LogP contribution in [-0.4, -0.2) is 26.7 Å². The lowest BCUT2D eigenvalue weighted by atomic mass is 10.1. The van der Waals surface area contributed by atoms with E-state index in [1.807, 2.05) is 48.5 Å². The minimum absolute atomic E-state index is 0.412. The number of thioether (sulfide) groups is 1. The molecule has 0 bridgehead atoms. The van der Waals surface area contributed by atoms with Crippen molar-refractivity contribution in [2.24, 2.45) is 5.73 Å². The molecule has 0 unspecified atom stereocenters. The molecule has 148 valence electrons. The van der Waals surface area contributed by atoms with Crippen LogP contribution in [0.4, 0.5) is 4.79 Å². The number of nitrogens with two attached hydrogens (primary N) is 1. The maximum atomic E-state index is 12.7. The maximum Gasteiger partial charge on any atom is 0.318 e. The van der Waals surface area contributed by atoms with E-state index in [2.05, 4.69) is 32.2 Å². The summed E-state index contributed by atoms with van der Waals surface area (Å²) in [6.45, 7) is 0.626. The van der Waals surface area contributed by atoms with Crippen LogP contribution >= 0.6 is 11.8 Å². The second-order valence-corrected chi connectivity index (χ2v) is 8.02. The van der Waals surface area contributed by atoms with Gasteiger partial charge in [-0.05, 0) is 24.0 Å². The lowest BCUT2D eigenvalue weighted by Gasteiger charge is -2.16. The summed E-state index contributed by atoms with van der Waals surface area (Å²) >= 11 is 1.27. The lowest BCUT2D eigenvalue weighted by molar-refractivity contribution is -0.119. The second kappa shape index (κ2) is 8.48. The Balaban J connectivity index is 1.67. The van der Waals surface area contributed by atoms with E-state index in [0.717, 1.165) is 29.8 Å². The Kier molecular flexibility index (Phi) is 5.62. The van der Waals surface area contributed by atoms with Gasteiger partial charge in [0.25, 0.3) is 0 Å². The van der Waals surface area contributed by atoms with Crippen LogP contribution < -0.4 is 11.1 Å².